The van der Waals surface area contributed by atoms with Crippen molar-refractivity contribution in [2.24, 2.45) is 5.73 Å². The lowest BCUT2D eigenvalue weighted by atomic mass is 10.0. The fourth-order valence-corrected chi connectivity index (χ4v) is 5.53. The van der Waals surface area contributed by atoms with Crippen LogP contribution in [0.5, 0.6) is 0 Å². The minimum Gasteiger partial charge on any atom is -0.481 e. The Bertz CT molecular complexity index is 1400. The highest BCUT2D eigenvalue weighted by atomic mass is 16.4. The van der Waals surface area contributed by atoms with Gasteiger partial charge in [-0.25, -0.2) is 4.79 Å². The topological polar surface area (TPSA) is 245 Å². The number of rotatable bonds is 28. The number of carboxylic acid groups (broad SMARTS) is 2. The van der Waals surface area contributed by atoms with Crippen LogP contribution in [-0.2, 0) is 35.2 Å². The first-order chi connectivity index (χ1) is 24.5. The number of unbranched alkanes of at least 4 members (excludes halogenated alkanes) is 6. The number of aromatic amines is 1. The van der Waals surface area contributed by atoms with E-state index < -0.39 is 47.8 Å². The van der Waals surface area contributed by atoms with Crippen LogP contribution in [0, 0.1) is 0 Å². The smallest absolute Gasteiger partial charge is 0.326 e. The number of nitrogens with two attached hydrogens (primary N) is 1. The molecule has 3 unspecified atom stereocenters. The van der Waals surface area contributed by atoms with E-state index in [1.54, 1.807) is 6.20 Å². The highest BCUT2D eigenvalue weighted by Gasteiger charge is 2.26. The molecule has 0 saturated heterocycles. The van der Waals surface area contributed by atoms with Gasteiger partial charge in [0.05, 0.1) is 6.04 Å². The molecule has 15 heteroatoms. The number of aromatic nitrogens is 1. The number of para-hydroxylation sites is 1. The van der Waals surface area contributed by atoms with Crippen molar-refractivity contribution in [3.63, 3.8) is 0 Å². The van der Waals surface area contributed by atoms with Gasteiger partial charge in [-0.05, 0) is 43.9 Å². The normalized spacial score (nSPS) is 12.8. The van der Waals surface area contributed by atoms with E-state index in [0.29, 0.717) is 26.1 Å². The summed E-state index contributed by atoms with van der Waals surface area (Å²) in [5, 5.41) is 33.0. The molecule has 1 aromatic carbocycles. The Balaban J connectivity index is 1.84. The van der Waals surface area contributed by atoms with Gasteiger partial charge in [0, 0.05) is 62.4 Å². The summed E-state index contributed by atoms with van der Waals surface area (Å²) in [5.41, 5.74) is 7.82. The molecule has 0 aliphatic carbocycles. The standard InChI is InChI=1S/C36H57N7O8/c1-2-3-4-5-6-7-8-14-31(44)39-22-21-38-19-17-27(37)34(48)43-30(23-25-24-41-28-13-10-9-12-26(25)28)35(49)40-20-18-29(36(50)51)42-32(45)15-11-16-33(46)47/h9-10,12-13,24,27,29-30,38,41H,2-8,11,14-23,37H2,1H3,(H,39,44)(H,40,49)(H,42,45)(H,43,48)(H,46,47)(H,50,51). The van der Waals surface area contributed by atoms with Crippen molar-refractivity contribution in [2.75, 3.05) is 26.2 Å². The summed E-state index contributed by atoms with van der Waals surface area (Å²) in [7, 11) is 0. The maximum absolute atomic E-state index is 13.4. The molecule has 0 aliphatic heterocycles. The number of H-pyrrole nitrogens is 1. The number of amides is 4. The van der Waals surface area contributed by atoms with Crippen LogP contribution in [0.2, 0.25) is 0 Å². The largest absolute Gasteiger partial charge is 0.481 e. The zero-order valence-electron chi connectivity index (χ0n) is 29.8. The molecule has 4 amide bonds. The number of carboxylic acids is 2. The number of benzene rings is 1. The third kappa shape index (κ3) is 17.8. The lowest BCUT2D eigenvalue weighted by molar-refractivity contribution is -0.142. The number of carbonyl (C=O) groups is 6. The third-order valence-electron chi connectivity index (χ3n) is 8.49. The van der Waals surface area contributed by atoms with E-state index in [0.717, 1.165) is 35.7 Å². The van der Waals surface area contributed by atoms with Crippen LogP contribution in [0.25, 0.3) is 10.9 Å². The number of carbonyl (C=O) groups excluding carboxylic acids is 4. The second-order valence-corrected chi connectivity index (χ2v) is 12.8. The molecular weight excluding hydrogens is 658 g/mol. The Morgan fingerprint density at radius 1 is 0.725 bits per heavy atom. The van der Waals surface area contributed by atoms with E-state index in [1.807, 2.05) is 24.3 Å². The monoisotopic (exact) mass is 715 g/mol. The summed E-state index contributed by atoms with van der Waals surface area (Å²) in [4.78, 5) is 76.2. The molecular formula is C36H57N7O8. The van der Waals surface area contributed by atoms with E-state index >= 15 is 0 Å². The molecule has 0 fully saturated rings. The number of aliphatic carboxylic acids is 2. The molecule has 2 aromatic rings. The van der Waals surface area contributed by atoms with Gasteiger partial charge in [-0.1, -0.05) is 63.6 Å². The van der Waals surface area contributed by atoms with E-state index in [4.69, 9.17) is 10.8 Å². The van der Waals surface area contributed by atoms with Gasteiger partial charge in [-0.15, -0.1) is 0 Å². The van der Waals surface area contributed by atoms with Crippen molar-refractivity contribution in [3.8, 4) is 0 Å². The van der Waals surface area contributed by atoms with E-state index in [9.17, 15) is 33.9 Å². The number of fused-ring (bicyclic) bond motifs is 1. The fourth-order valence-electron chi connectivity index (χ4n) is 5.53. The molecule has 0 aliphatic rings. The van der Waals surface area contributed by atoms with Crippen molar-refractivity contribution >= 4 is 46.5 Å². The predicted molar refractivity (Wildman–Crippen MR) is 194 cm³/mol. The third-order valence-corrected chi connectivity index (χ3v) is 8.49. The molecule has 2 rings (SSSR count). The van der Waals surface area contributed by atoms with Crippen molar-refractivity contribution < 1.29 is 39.0 Å². The molecule has 0 spiro atoms. The summed E-state index contributed by atoms with van der Waals surface area (Å²) in [6.45, 7) is 3.47. The first-order valence-corrected chi connectivity index (χ1v) is 18.1. The molecule has 15 nitrogen and oxygen atoms in total. The molecule has 0 saturated carbocycles. The van der Waals surface area contributed by atoms with Gasteiger partial charge < -0.3 is 47.5 Å². The predicted octanol–water partition coefficient (Wildman–Crippen LogP) is 2.09. The maximum Gasteiger partial charge on any atom is 0.326 e. The average molecular weight is 716 g/mol. The minimum atomic E-state index is -1.30. The molecule has 0 bridgehead atoms. The quantitative estimate of drug-likeness (QED) is 0.0581. The van der Waals surface area contributed by atoms with Crippen molar-refractivity contribution in [1.29, 1.82) is 0 Å². The van der Waals surface area contributed by atoms with Gasteiger partial charge in [-0.2, -0.15) is 0 Å². The van der Waals surface area contributed by atoms with Crippen molar-refractivity contribution in [1.82, 2.24) is 31.6 Å². The molecule has 51 heavy (non-hydrogen) atoms. The average Bonchev–Trinajstić information content (AvgIpc) is 3.50. The molecule has 1 heterocycles. The van der Waals surface area contributed by atoms with Crippen LogP contribution in [0.1, 0.15) is 96.0 Å². The number of nitrogens with one attached hydrogen (secondary N) is 6. The van der Waals surface area contributed by atoms with Gasteiger partial charge in [0.2, 0.25) is 23.6 Å². The van der Waals surface area contributed by atoms with Crippen molar-refractivity contribution in [3.05, 3.63) is 36.0 Å². The van der Waals surface area contributed by atoms with E-state index in [-0.39, 0.29) is 51.0 Å². The van der Waals surface area contributed by atoms with Gasteiger partial charge in [0.25, 0.3) is 0 Å². The van der Waals surface area contributed by atoms with Gasteiger partial charge in [0.1, 0.15) is 12.1 Å². The molecule has 10 N–H and O–H groups in total. The number of hydrogen-bond acceptors (Lipinski definition) is 8. The highest BCUT2D eigenvalue weighted by molar-refractivity contribution is 5.91. The summed E-state index contributed by atoms with van der Waals surface area (Å²) in [5.74, 6) is -4.02. The Labute approximate surface area is 299 Å². The minimum absolute atomic E-state index is 0.0252. The summed E-state index contributed by atoms with van der Waals surface area (Å²) in [6, 6.07) is 4.26. The van der Waals surface area contributed by atoms with Crippen LogP contribution in [0.15, 0.2) is 30.5 Å². The fraction of sp³-hybridized carbons (Fsp3) is 0.611. The van der Waals surface area contributed by atoms with E-state index in [1.165, 1.54) is 25.7 Å². The van der Waals surface area contributed by atoms with E-state index in [2.05, 4.69) is 38.5 Å². The SMILES string of the molecule is CCCCCCCCCC(=O)NCCNCCC(N)C(=O)NC(Cc1c[nH]c2ccccc12)C(=O)NCCC(NC(=O)CCCC(=O)O)C(=O)O. The summed E-state index contributed by atoms with van der Waals surface area (Å²) >= 11 is 0. The van der Waals surface area contributed by atoms with Crippen LogP contribution >= 0.6 is 0 Å². The van der Waals surface area contributed by atoms with Gasteiger partial charge >= 0.3 is 11.9 Å². The Morgan fingerprint density at radius 2 is 1.43 bits per heavy atom. The Hall–Kier alpha value is -4.50. The molecule has 284 valence electrons. The maximum atomic E-state index is 13.4. The first-order valence-electron chi connectivity index (χ1n) is 18.1. The Kier molecular flexibility index (Phi) is 20.6. The molecule has 3 atom stereocenters. The summed E-state index contributed by atoms with van der Waals surface area (Å²) < 4.78 is 0. The van der Waals surface area contributed by atoms with Gasteiger partial charge in [-0.3, -0.25) is 24.0 Å². The highest BCUT2D eigenvalue weighted by Crippen LogP contribution is 2.19. The lowest BCUT2D eigenvalue weighted by Gasteiger charge is -2.21. The molecule has 1 aromatic heterocycles. The van der Waals surface area contributed by atoms with Crippen LogP contribution in [0.3, 0.4) is 0 Å². The van der Waals surface area contributed by atoms with Crippen LogP contribution in [-0.4, -0.2) is 95.1 Å². The van der Waals surface area contributed by atoms with Crippen LogP contribution < -0.4 is 32.3 Å². The van der Waals surface area contributed by atoms with Crippen molar-refractivity contribution in [2.45, 2.75) is 115 Å². The van der Waals surface area contributed by atoms with Gasteiger partial charge in [0.15, 0.2) is 0 Å². The second-order valence-electron chi connectivity index (χ2n) is 12.8. The first kappa shape index (κ1) is 42.7. The second kappa shape index (κ2) is 24.6. The Morgan fingerprint density at radius 3 is 2.16 bits per heavy atom. The molecule has 0 radical (unpaired) electrons. The lowest BCUT2D eigenvalue weighted by Crippen LogP contribution is -2.53. The van der Waals surface area contributed by atoms with Crippen LogP contribution in [0.4, 0.5) is 0 Å². The number of hydrogen-bond donors (Lipinski definition) is 9. The summed E-state index contributed by atoms with van der Waals surface area (Å²) in [6.07, 6.45) is 10.3. The zero-order chi connectivity index (χ0) is 37.4. The zero-order valence-corrected chi connectivity index (χ0v) is 29.8.